The van der Waals surface area contributed by atoms with Crippen molar-refractivity contribution in [3.05, 3.63) is 35.7 Å². The molecule has 0 spiro atoms. The van der Waals surface area contributed by atoms with Crippen LogP contribution in [0.3, 0.4) is 0 Å². The average molecular weight is 370 g/mol. The second kappa shape index (κ2) is 8.66. The van der Waals surface area contributed by atoms with E-state index in [0.717, 1.165) is 37.1 Å². The summed E-state index contributed by atoms with van der Waals surface area (Å²) < 4.78 is 1.70. The second-order valence-corrected chi connectivity index (χ2v) is 6.72. The molecule has 3 amide bonds. The minimum absolute atomic E-state index is 0.155. The third-order valence-electron chi connectivity index (χ3n) is 4.28. The van der Waals surface area contributed by atoms with Gasteiger partial charge < -0.3 is 16.0 Å². The second-order valence-electron chi connectivity index (χ2n) is 6.72. The van der Waals surface area contributed by atoms with E-state index < -0.39 is 0 Å². The highest BCUT2D eigenvalue weighted by molar-refractivity contribution is 5.93. The molecule has 1 aromatic heterocycles. The monoisotopic (exact) mass is 370 g/mol. The molecule has 2 aromatic rings. The number of nitrogens with zero attached hydrogens (tertiary/aromatic N) is 3. The summed E-state index contributed by atoms with van der Waals surface area (Å²) in [5.74, 6) is -0.155. The van der Waals surface area contributed by atoms with Crippen molar-refractivity contribution in [2.75, 3.05) is 11.9 Å². The molecule has 0 atom stereocenters. The maximum atomic E-state index is 12.4. The van der Waals surface area contributed by atoms with Crippen molar-refractivity contribution in [2.24, 2.45) is 0 Å². The SMILES string of the molecule is CCCNC(=O)Nc1ccc(-n2nnc(C(=O)NC3CC3)c2CCC)cc1. The van der Waals surface area contributed by atoms with Crippen LogP contribution in [0.25, 0.3) is 5.69 Å². The van der Waals surface area contributed by atoms with Gasteiger partial charge >= 0.3 is 6.03 Å². The summed E-state index contributed by atoms with van der Waals surface area (Å²) >= 11 is 0. The molecular formula is C19H26N6O2. The fraction of sp³-hybridized carbons (Fsp3) is 0.474. The van der Waals surface area contributed by atoms with Gasteiger partial charge in [-0.3, -0.25) is 4.79 Å². The number of anilines is 1. The number of nitrogens with one attached hydrogen (secondary N) is 3. The minimum Gasteiger partial charge on any atom is -0.348 e. The smallest absolute Gasteiger partial charge is 0.319 e. The lowest BCUT2D eigenvalue weighted by molar-refractivity contribution is 0.0945. The van der Waals surface area contributed by atoms with Gasteiger partial charge in [0.25, 0.3) is 5.91 Å². The van der Waals surface area contributed by atoms with E-state index in [4.69, 9.17) is 0 Å². The molecule has 1 saturated carbocycles. The van der Waals surface area contributed by atoms with Gasteiger partial charge in [-0.1, -0.05) is 25.5 Å². The molecule has 1 fully saturated rings. The molecule has 3 N–H and O–H groups in total. The Balaban J connectivity index is 1.75. The van der Waals surface area contributed by atoms with Crippen LogP contribution in [0.4, 0.5) is 10.5 Å². The van der Waals surface area contributed by atoms with Crippen molar-refractivity contribution < 1.29 is 9.59 Å². The first kappa shape index (κ1) is 18.9. The fourth-order valence-corrected chi connectivity index (χ4v) is 2.73. The predicted molar refractivity (Wildman–Crippen MR) is 103 cm³/mol. The normalized spacial score (nSPS) is 13.3. The van der Waals surface area contributed by atoms with E-state index in [1.807, 2.05) is 31.2 Å². The van der Waals surface area contributed by atoms with Crippen molar-refractivity contribution in [1.29, 1.82) is 0 Å². The van der Waals surface area contributed by atoms with Gasteiger partial charge in [-0.25, -0.2) is 9.48 Å². The number of aromatic nitrogens is 3. The van der Waals surface area contributed by atoms with Gasteiger partial charge in [0.1, 0.15) is 0 Å². The van der Waals surface area contributed by atoms with Crippen LogP contribution >= 0.6 is 0 Å². The zero-order valence-corrected chi connectivity index (χ0v) is 15.8. The van der Waals surface area contributed by atoms with E-state index >= 15 is 0 Å². The molecule has 1 aliphatic carbocycles. The molecular weight excluding hydrogens is 344 g/mol. The van der Waals surface area contributed by atoms with Crippen LogP contribution in [0.5, 0.6) is 0 Å². The summed E-state index contributed by atoms with van der Waals surface area (Å²) in [6.45, 7) is 4.69. The van der Waals surface area contributed by atoms with Crippen molar-refractivity contribution in [3.63, 3.8) is 0 Å². The van der Waals surface area contributed by atoms with E-state index in [2.05, 4.69) is 33.2 Å². The van der Waals surface area contributed by atoms with Gasteiger partial charge in [-0.15, -0.1) is 5.10 Å². The predicted octanol–water partition coefficient (Wildman–Crippen LogP) is 2.64. The standard InChI is InChI=1S/C19H26N6O2/c1-3-5-16-17(18(26)21-13-6-7-13)23-24-25(16)15-10-8-14(9-11-15)22-19(27)20-12-4-2/h8-11,13H,3-7,12H2,1-2H3,(H,21,26)(H2,20,22,27). The Labute approximate surface area is 158 Å². The van der Waals surface area contributed by atoms with Gasteiger partial charge in [-0.2, -0.15) is 0 Å². The third-order valence-corrected chi connectivity index (χ3v) is 4.28. The molecule has 1 aliphatic rings. The van der Waals surface area contributed by atoms with E-state index in [9.17, 15) is 9.59 Å². The van der Waals surface area contributed by atoms with Crippen molar-refractivity contribution in [3.8, 4) is 5.69 Å². The van der Waals surface area contributed by atoms with Crippen LogP contribution in [-0.4, -0.2) is 39.5 Å². The number of carbonyl (C=O) groups excluding carboxylic acids is 2. The number of rotatable bonds is 8. The number of carbonyl (C=O) groups is 2. The van der Waals surface area contributed by atoms with Crippen LogP contribution in [0.1, 0.15) is 55.7 Å². The molecule has 8 nitrogen and oxygen atoms in total. The lowest BCUT2D eigenvalue weighted by Crippen LogP contribution is -2.29. The molecule has 8 heteroatoms. The number of hydrogen-bond donors (Lipinski definition) is 3. The topological polar surface area (TPSA) is 101 Å². The molecule has 144 valence electrons. The highest BCUT2D eigenvalue weighted by Gasteiger charge is 2.27. The van der Waals surface area contributed by atoms with Crippen LogP contribution in [0.15, 0.2) is 24.3 Å². The van der Waals surface area contributed by atoms with Crippen LogP contribution in [-0.2, 0) is 6.42 Å². The Morgan fingerprint density at radius 3 is 2.52 bits per heavy atom. The Bertz CT molecular complexity index is 795. The van der Waals surface area contributed by atoms with E-state index in [-0.39, 0.29) is 18.0 Å². The van der Waals surface area contributed by atoms with Gasteiger partial charge in [0.2, 0.25) is 0 Å². The molecule has 1 aromatic carbocycles. The van der Waals surface area contributed by atoms with Crippen molar-refractivity contribution >= 4 is 17.6 Å². The molecule has 0 radical (unpaired) electrons. The number of benzene rings is 1. The molecule has 3 rings (SSSR count). The Kier molecular flexibility index (Phi) is 6.05. The lowest BCUT2D eigenvalue weighted by Gasteiger charge is -2.10. The van der Waals surface area contributed by atoms with E-state index in [1.54, 1.807) is 4.68 Å². The van der Waals surface area contributed by atoms with Crippen molar-refractivity contribution in [2.45, 2.75) is 52.0 Å². The van der Waals surface area contributed by atoms with Gasteiger partial charge in [-0.05, 0) is 49.9 Å². The lowest BCUT2D eigenvalue weighted by atomic mass is 10.2. The first-order valence-corrected chi connectivity index (χ1v) is 9.53. The van der Waals surface area contributed by atoms with Gasteiger partial charge in [0.05, 0.1) is 11.4 Å². The maximum absolute atomic E-state index is 12.4. The van der Waals surface area contributed by atoms with Gasteiger partial charge in [0.15, 0.2) is 5.69 Å². The molecule has 27 heavy (non-hydrogen) atoms. The largest absolute Gasteiger partial charge is 0.348 e. The molecule has 0 saturated heterocycles. The molecule has 0 aliphatic heterocycles. The van der Waals surface area contributed by atoms with E-state index in [1.165, 1.54) is 0 Å². The quantitative estimate of drug-likeness (QED) is 0.665. The maximum Gasteiger partial charge on any atom is 0.319 e. The minimum atomic E-state index is -0.226. The number of hydrogen-bond acceptors (Lipinski definition) is 4. The van der Waals surface area contributed by atoms with E-state index in [0.29, 0.717) is 24.3 Å². The summed E-state index contributed by atoms with van der Waals surface area (Å²) in [5, 5.41) is 16.8. The number of urea groups is 1. The summed E-state index contributed by atoms with van der Waals surface area (Å²) in [7, 11) is 0. The van der Waals surface area contributed by atoms with Crippen molar-refractivity contribution in [1.82, 2.24) is 25.6 Å². The zero-order chi connectivity index (χ0) is 19.2. The van der Waals surface area contributed by atoms with Gasteiger partial charge in [0, 0.05) is 18.3 Å². The molecule has 1 heterocycles. The average Bonchev–Trinajstić information content (AvgIpc) is 3.38. The fourth-order valence-electron chi connectivity index (χ4n) is 2.73. The third kappa shape index (κ3) is 4.84. The Hall–Kier alpha value is -2.90. The highest BCUT2D eigenvalue weighted by Crippen LogP contribution is 2.21. The molecule has 0 unspecified atom stereocenters. The highest BCUT2D eigenvalue weighted by atomic mass is 16.2. The summed E-state index contributed by atoms with van der Waals surface area (Å²) in [5.41, 5.74) is 2.69. The summed E-state index contributed by atoms with van der Waals surface area (Å²) in [6, 6.07) is 7.37. The Morgan fingerprint density at radius 1 is 1.15 bits per heavy atom. The zero-order valence-electron chi connectivity index (χ0n) is 15.8. The first-order valence-electron chi connectivity index (χ1n) is 9.53. The Morgan fingerprint density at radius 2 is 1.89 bits per heavy atom. The summed E-state index contributed by atoms with van der Waals surface area (Å²) in [6.07, 6.45) is 4.54. The molecule has 0 bridgehead atoms. The number of amides is 3. The van der Waals surface area contributed by atoms with Crippen LogP contribution in [0.2, 0.25) is 0 Å². The summed E-state index contributed by atoms with van der Waals surface area (Å²) in [4.78, 5) is 24.2. The van der Waals surface area contributed by atoms with Crippen LogP contribution < -0.4 is 16.0 Å². The van der Waals surface area contributed by atoms with Crippen LogP contribution in [0, 0.1) is 0 Å². The first-order chi connectivity index (χ1) is 13.1.